The van der Waals surface area contributed by atoms with E-state index < -0.39 is 0 Å². The maximum absolute atomic E-state index is 6.04. The molecule has 1 atom stereocenters. The van der Waals surface area contributed by atoms with Crippen LogP contribution < -0.4 is 5.46 Å². The second-order valence-corrected chi connectivity index (χ2v) is 4.35. The molecule has 0 N–H and O–H groups in total. The van der Waals surface area contributed by atoms with Crippen LogP contribution in [0.1, 0.15) is 57.1 Å². The van der Waals surface area contributed by atoms with Gasteiger partial charge in [0.05, 0.1) is 0 Å². The van der Waals surface area contributed by atoms with Gasteiger partial charge in [-0.05, 0) is 23.8 Å². The molecule has 1 aromatic carbocycles. The third-order valence-corrected chi connectivity index (χ3v) is 2.92. The SMILES string of the molecule is [B]c1cc(C(C)C)ccc1C(C)CC. The van der Waals surface area contributed by atoms with Crippen molar-refractivity contribution in [2.75, 3.05) is 0 Å². The van der Waals surface area contributed by atoms with Crippen LogP contribution in [0.25, 0.3) is 0 Å². The molecule has 0 saturated heterocycles. The Balaban J connectivity index is 3.01. The van der Waals surface area contributed by atoms with Crippen molar-refractivity contribution in [2.45, 2.75) is 46.0 Å². The predicted octanol–water partition coefficient (Wildman–Crippen LogP) is 3.12. The first-order valence-corrected chi connectivity index (χ1v) is 5.45. The van der Waals surface area contributed by atoms with Crippen LogP contribution in [0.4, 0.5) is 0 Å². The van der Waals surface area contributed by atoms with Gasteiger partial charge >= 0.3 is 0 Å². The molecule has 0 aliphatic carbocycles. The molecule has 0 heterocycles. The summed E-state index contributed by atoms with van der Waals surface area (Å²) in [6, 6.07) is 6.49. The Morgan fingerprint density at radius 2 is 1.86 bits per heavy atom. The van der Waals surface area contributed by atoms with Gasteiger partial charge in [-0.3, -0.25) is 0 Å². The highest BCUT2D eigenvalue weighted by atomic mass is 14.1. The van der Waals surface area contributed by atoms with E-state index >= 15 is 0 Å². The molecule has 0 aliphatic rings. The third kappa shape index (κ3) is 2.40. The van der Waals surface area contributed by atoms with Gasteiger partial charge in [0.15, 0.2) is 0 Å². The highest BCUT2D eigenvalue weighted by Gasteiger charge is 2.07. The van der Waals surface area contributed by atoms with Gasteiger partial charge in [0.1, 0.15) is 7.85 Å². The molecule has 0 aliphatic heterocycles. The minimum absolute atomic E-state index is 0.559. The number of benzene rings is 1. The highest BCUT2D eigenvalue weighted by Crippen LogP contribution is 2.19. The summed E-state index contributed by atoms with van der Waals surface area (Å²) < 4.78 is 0. The molecule has 0 nitrogen and oxygen atoms in total. The predicted molar refractivity (Wildman–Crippen MR) is 64.6 cm³/mol. The molecule has 0 aromatic heterocycles. The first-order chi connectivity index (χ1) is 6.56. The van der Waals surface area contributed by atoms with Gasteiger partial charge in [-0.15, -0.1) is 0 Å². The van der Waals surface area contributed by atoms with E-state index in [1.165, 1.54) is 11.1 Å². The Morgan fingerprint density at radius 3 is 2.29 bits per heavy atom. The average Bonchev–Trinajstić information content (AvgIpc) is 2.16. The largest absolute Gasteiger partial charge is 0.114 e. The zero-order valence-corrected chi connectivity index (χ0v) is 9.67. The van der Waals surface area contributed by atoms with Crippen molar-refractivity contribution in [1.82, 2.24) is 0 Å². The Labute approximate surface area is 89.1 Å². The lowest BCUT2D eigenvalue weighted by Gasteiger charge is -2.15. The van der Waals surface area contributed by atoms with Crippen molar-refractivity contribution in [3.63, 3.8) is 0 Å². The molecule has 1 unspecified atom stereocenters. The first-order valence-electron chi connectivity index (χ1n) is 5.45. The Morgan fingerprint density at radius 1 is 1.21 bits per heavy atom. The minimum Gasteiger partial charge on any atom is -0.0930 e. The summed E-state index contributed by atoms with van der Waals surface area (Å²) in [6.07, 6.45) is 1.14. The molecule has 0 amide bonds. The van der Waals surface area contributed by atoms with Crippen molar-refractivity contribution in [2.24, 2.45) is 0 Å². The second-order valence-electron chi connectivity index (χ2n) is 4.35. The highest BCUT2D eigenvalue weighted by molar-refractivity contribution is 6.33. The molecule has 1 aromatic rings. The fraction of sp³-hybridized carbons (Fsp3) is 0.538. The van der Waals surface area contributed by atoms with Crippen LogP contribution >= 0.6 is 0 Å². The van der Waals surface area contributed by atoms with E-state index in [2.05, 4.69) is 45.9 Å². The number of rotatable bonds is 3. The molecule has 14 heavy (non-hydrogen) atoms. The lowest BCUT2D eigenvalue weighted by atomic mass is 9.81. The molecule has 1 heteroatoms. The summed E-state index contributed by atoms with van der Waals surface area (Å²) in [5.41, 5.74) is 3.57. The first kappa shape index (κ1) is 11.4. The summed E-state index contributed by atoms with van der Waals surface area (Å²) in [6.45, 7) is 8.80. The third-order valence-electron chi connectivity index (χ3n) is 2.92. The molecular weight excluding hydrogens is 167 g/mol. The normalized spacial score (nSPS) is 13.2. The van der Waals surface area contributed by atoms with E-state index in [0.29, 0.717) is 11.8 Å². The summed E-state index contributed by atoms with van der Waals surface area (Å²) in [4.78, 5) is 0. The van der Waals surface area contributed by atoms with Gasteiger partial charge in [0.25, 0.3) is 0 Å². The standard InChI is InChI=1S/C13H19B/c1-5-10(4)12-7-6-11(9(2)3)8-13(12)14/h6-10H,5H2,1-4H3. The average molecular weight is 186 g/mol. The van der Waals surface area contributed by atoms with E-state index in [4.69, 9.17) is 7.85 Å². The van der Waals surface area contributed by atoms with Crippen LogP contribution in [-0.4, -0.2) is 7.85 Å². The molecule has 1 rings (SSSR count). The zero-order chi connectivity index (χ0) is 10.7. The summed E-state index contributed by atoms with van der Waals surface area (Å²) in [5, 5.41) is 0. The van der Waals surface area contributed by atoms with Crippen molar-refractivity contribution in [1.29, 1.82) is 0 Å². The summed E-state index contributed by atoms with van der Waals surface area (Å²) in [5.74, 6) is 1.12. The molecule has 0 spiro atoms. The van der Waals surface area contributed by atoms with Crippen LogP contribution in [0.5, 0.6) is 0 Å². The zero-order valence-electron chi connectivity index (χ0n) is 9.67. The Kier molecular flexibility index (Phi) is 3.80. The molecule has 0 fully saturated rings. The maximum atomic E-state index is 6.04. The van der Waals surface area contributed by atoms with E-state index in [9.17, 15) is 0 Å². The second kappa shape index (κ2) is 4.68. The van der Waals surface area contributed by atoms with E-state index in [-0.39, 0.29) is 0 Å². The quantitative estimate of drug-likeness (QED) is 0.636. The molecule has 0 bridgehead atoms. The maximum Gasteiger partial charge on any atom is 0.114 e. The van der Waals surface area contributed by atoms with Gasteiger partial charge in [-0.1, -0.05) is 56.9 Å². The van der Waals surface area contributed by atoms with Crippen LogP contribution in [0.2, 0.25) is 0 Å². The summed E-state index contributed by atoms with van der Waals surface area (Å²) in [7, 11) is 6.04. The number of hydrogen-bond donors (Lipinski definition) is 0. The smallest absolute Gasteiger partial charge is 0.0930 e. The van der Waals surface area contributed by atoms with Crippen LogP contribution in [0.15, 0.2) is 18.2 Å². The topological polar surface area (TPSA) is 0 Å². The molecule has 0 saturated carbocycles. The van der Waals surface area contributed by atoms with Crippen molar-refractivity contribution in [3.8, 4) is 0 Å². The Bertz CT molecular complexity index is 302. The van der Waals surface area contributed by atoms with E-state index in [1.54, 1.807) is 0 Å². The Hall–Kier alpha value is -0.715. The number of hydrogen-bond acceptors (Lipinski definition) is 0. The van der Waals surface area contributed by atoms with Crippen LogP contribution in [0.3, 0.4) is 0 Å². The lowest BCUT2D eigenvalue weighted by molar-refractivity contribution is 0.736. The fourth-order valence-electron chi connectivity index (χ4n) is 1.62. The summed E-state index contributed by atoms with van der Waals surface area (Å²) >= 11 is 0. The van der Waals surface area contributed by atoms with Crippen LogP contribution in [-0.2, 0) is 0 Å². The minimum atomic E-state index is 0.559. The lowest BCUT2D eigenvalue weighted by Crippen LogP contribution is -2.13. The fourth-order valence-corrected chi connectivity index (χ4v) is 1.62. The van der Waals surface area contributed by atoms with Crippen molar-refractivity contribution in [3.05, 3.63) is 29.3 Å². The molecule has 74 valence electrons. The molecule has 2 radical (unpaired) electrons. The van der Waals surface area contributed by atoms with Gasteiger partial charge in [0, 0.05) is 0 Å². The molecular formula is C13H19B. The van der Waals surface area contributed by atoms with Crippen LogP contribution in [0, 0.1) is 0 Å². The van der Waals surface area contributed by atoms with Gasteiger partial charge in [0.2, 0.25) is 0 Å². The van der Waals surface area contributed by atoms with Crippen molar-refractivity contribution >= 4 is 13.3 Å². The van der Waals surface area contributed by atoms with E-state index in [0.717, 1.165) is 11.9 Å². The van der Waals surface area contributed by atoms with Crippen molar-refractivity contribution < 1.29 is 0 Å². The van der Waals surface area contributed by atoms with E-state index in [1.807, 2.05) is 0 Å². The van der Waals surface area contributed by atoms with Gasteiger partial charge < -0.3 is 0 Å². The van der Waals surface area contributed by atoms with Gasteiger partial charge in [-0.2, -0.15) is 0 Å². The van der Waals surface area contributed by atoms with Gasteiger partial charge in [-0.25, -0.2) is 0 Å². The monoisotopic (exact) mass is 186 g/mol.